The van der Waals surface area contributed by atoms with Crippen LogP contribution in [0.4, 0.5) is 0 Å². The molecule has 0 aromatic heterocycles. The number of esters is 1. The van der Waals surface area contributed by atoms with E-state index in [-0.39, 0.29) is 11.9 Å². The molecule has 2 atom stereocenters. The molecule has 1 heterocycles. The van der Waals surface area contributed by atoms with Gasteiger partial charge in [0.25, 0.3) is 5.91 Å². The van der Waals surface area contributed by atoms with Crippen molar-refractivity contribution in [1.82, 2.24) is 4.90 Å². The third kappa shape index (κ3) is 3.54. The lowest BCUT2D eigenvalue weighted by molar-refractivity contribution is -0.153. The van der Waals surface area contributed by atoms with Crippen molar-refractivity contribution in [2.24, 2.45) is 0 Å². The maximum atomic E-state index is 12.5. The Morgan fingerprint density at radius 2 is 2.14 bits per heavy atom. The molecule has 1 aromatic rings. The van der Waals surface area contributed by atoms with Crippen molar-refractivity contribution in [3.8, 4) is 5.75 Å². The Morgan fingerprint density at radius 1 is 1.38 bits per heavy atom. The number of ether oxygens (including phenoxy) is 2. The first kappa shape index (κ1) is 15.4. The van der Waals surface area contributed by atoms with Gasteiger partial charge in [-0.15, -0.1) is 0 Å². The Morgan fingerprint density at radius 3 is 2.81 bits per heavy atom. The maximum absolute atomic E-state index is 12.5. The number of methoxy groups -OCH3 is 1. The molecule has 1 saturated heterocycles. The van der Waals surface area contributed by atoms with E-state index in [1.54, 1.807) is 11.8 Å². The van der Waals surface area contributed by atoms with Crippen molar-refractivity contribution in [3.05, 3.63) is 29.8 Å². The molecule has 0 N–H and O–H groups in total. The van der Waals surface area contributed by atoms with Gasteiger partial charge in [0.2, 0.25) is 0 Å². The molecule has 2 unspecified atom stereocenters. The number of carbonyl (C=O) groups excluding carboxylic acids is 2. The van der Waals surface area contributed by atoms with Gasteiger partial charge in [-0.2, -0.15) is 0 Å². The molecule has 2 rings (SSSR count). The molecule has 0 aliphatic carbocycles. The van der Waals surface area contributed by atoms with Gasteiger partial charge in [-0.1, -0.05) is 12.1 Å². The lowest BCUT2D eigenvalue weighted by atomic mass is 10.2. The van der Waals surface area contributed by atoms with Gasteiger partial charge in [0.1, 0.15) is 11.8 Å². The molecule has 0 bridgehead atoms. The Bertz CT molecular complexity index is 529. The van der Waals surface area contributed by atoms with Crippen molar-refractivity contribution in [2.45, 2.75) is 38.8 Å². The highest BCUT2D eigenvalue weighted by molar-refractivity contribution is 5.87. The van der Waals surface area contributed by atoms with E-state index in [0.29, 0.717) is 18.7 Å². The van der Waals surface area contributed by atoms with Crippen LogP contribution in [0.15, 0.2) is 24.3 Å². The first-order chi connectivity index (χ1) is 10.0. The topological polar surface area (TPSA) is 55.8 Å². The largest absolute Gasteiger partial charge is 0.481 e. The number of aryl methyl sites for hydroxylation is 1. The molecule has 21 heavy (non-hydrogen) atoms. The summed E-state index contributed by atoms with van der Waals surface area (Å²) >= 11 is 0. The number of rotatable bonds is 4. The van der Waals surface area contributed by atoms with Gasteiger partial charge in [0, 0.05) is 6.54 Å². The summed E-state index contributed by atoms with van der Waals surface area (Å²) in [5.41, 5.74) is 1.07. The predicted molar refractivity (Wildman–Crippen MR) is 78.0 cm³/mol. The molecule has 0 spiro atoms. The molecule has 5 heteroatoms. The van der Waals surface area contributed by atoms with E-state index in [4.69, 9.17) is 9.47 Å². The van der Waals surface area contributed by atoms with Gasteiger partial charge in [-0.3, -0.25) is 4.79 Å². The van der Waals surface area contributed by atoms with E-state index in [1.807, 2.05) is 31.2 Å². The molecular weight excluding hydrogens is 270 g/mol. The molecule has 114 valence electrons. The zero-order valence-corrected chi connectivity index (χ0v) is 12.7. The summed E-state index contributed by atoms with van der Waals surface area (Å²) in [5, 5.41) is 0. The van der Waals surface area contributed by atoms with E-state index in [9.17, 15) is 9.59 Å². The fourth-order valence-corrected chi connectivity index (χ4v) is 2.59. The van der Waals surface area contributed by atoms with Crippen LogP contribution < -0.4 is 4.74 Å². The van der Waals surface area contributed by atoms with Crippen LogP contribution in [0.25, 0.3) is 0 Å². The summed E-state index contributed by atoms with van der Waals surface area (Å²) < 4.78 is 10.4. The summed E-state index contributed by atoms with van der Waals surface area (Å²) in [6.45, 7) is 4.24. The third-order valence-corrected chi connectivity index (χ3v) is 3.66. The highest BCUT2D eigenvalue weighted by atomic mass is 16.5. The average Bonchev–Trinajstić information content (AvgIpc) is 2.95. The minimum absolute atomic E-state index is 0.176. The van der Waals surface area contributed by atoms with Crippen molar-refractivity contribution >= 4 is 11.9 Å². The number of nitrogens with zero attached hydrogens (tertiary/aromatic N) is 1. The van der Waals surface area contributed by atoms with Gasteiger partial charge < -0.3 is 14.4 Å². The first-order valence-corrected chi connectivity index (χ1v) is 7.14. The number of likely N-dealkylation sites (tertiary alicyclic amines) is 1. The van der Waals surface area contributed by atoms with Gasteiger partial charge in [0.05, 0.1) is 7.11 Å². The van der Waals surface area contributed by atoms with Gasteiger partial charge >= 0.3 is 5.97 Å². The summed E-state index contributed by atoms with van der Waals surface area (Å²) in [6.07, 6.45) is 0.829. The number of carbonyl (C=O) groups is 2. The van der Waals surface area contributed by atoms with Crippen LogP contribution in [-0.4, -0.2) is 42.6 Å². The average molecular weight is 291 g/mol. The molecule has 1 fully saturated rings. The van der Waals surface area contributed by atoms with Crippen molar-refractivity contribution in [3.63, 3.8) is 0 Å². The lowest BCUT2D eigenvalue weighted by Crippen LogP contribution is -2.46. The Kier molecular flexibility index (Phi) is 4.83. The van der Waals surface area contributed by atoms with Crippen LogP contribution in [0.2, 0.25) is 0 Å². The first-order valence-electron chi connectivity index (χ1n) is 7.14. The lowest BCUT2D eigenvalue weighted by Gasteiger charge is -2.26. The molecule has 0 saturated carbocycles. The molecule has 0 radical (unpaired) electrons. The van der Waals surface area contributed by atoms with Crippen LogP contribution >= 0.6 is 0 Å². The number of benzene rings is 1. The predicted octanol–water partition coefficient (Wildman–Crippen LogP) is 1.93. The normalized spacial score (nSPS) is 19.2. The molecule has 1 aromatic carbocycles. The second-order valence-corrected chi connectivity index (χ2v) is 5.29. The fraction of sp³-hybridized carbons (Fsp3) is 0.500. The zero-order chi connectivity index (χ0) is 15.4. The van der Waals surface area contributed by atoms with E-state index in [2.05, 4.69) is 0 Å². The Balaban J connectivity index is 2.03. The second-order valence-electron chi connectivity index (χ2n) is 5.29. The Labute approximate surface area is 124 Å². The molecule has 1 amide bonds. The summed E-state index contributed by atoms with van der Waals surface area (Å²) in [4.78, 5) is 25.7. The van der Waals surface area contributed by atoms with E-state index < -0.39 is 12.1 Å². The molecule has 1 aliphatic rings. The van der Waals surface area contributed by atoms with E-state index in [1.165, 1.54) is 7.11 Å². The molecule has 1 aliphatic heterocycles. The van der Waals surface area contributed by atoms with E-state index in [0.717, 1.165) is 12.0 Å². The number of amides is 1. The van der Waals surface area contributed by atoms with Crippen molar-refractivity contribution < 1.29 is 19.1 Å². The minimum atomic E-state index is -0.628. The summed E-state index contributed by atoms with van der Waals surface area (Å²) in [6, 6.07) is 7.07. The highest BCUT2D eigenvalue weighted by Crippen LogP contribution is 2.21. The third-order valence-electron chi connectivity index (χ3n) is 3.66. The monoisotopic (exact) mass is 291 g/mol. The van der Waals surface area contributed by atoms with Crippen LogP contribution in [0.3, 0.4) is 0 Å². The fourth-order valence-electron chi connectivity index (χ4n) is 2.59. The van der Waals surface area contributed by atoms with Crippen molar-refractivity contribution in [1.29, 1.82) is 0 Å². The number of hydrogen-bond donors (Lipinski definition) is 0. The summed E-state index contributed by atoms with van der Waals surface area (Å²) in [5.74, 6) is 0.123. The SMILES string of the molecule is COC(=O)C1CCCN1C(=O)C(C)Oc1cccc(C)c1. The summed E-state index contributed by atoms with van der Waals surface area (Å²) in [7, 11) is 1.34. The van der Waals surface area contributed by atoms with Crippen LogP contribution in [-0.2, 0) is 14.3 Å². The standard InChI is InChI=1S/C16H21NO4/c1-11-6-4-7-13(10-11)21-12(2)15(18)17-9-5-8-14(17)16(19)20-3/h4,6-7,10,12,14H,5,8-9H2,1-3H3. The van der Waals surface area contributed by atoms with Gasteiger partial charge in [-0.25, -0.2) is 4.79 Å². The van der Waals surface area contributed by atoms with Gasteiger partial charge in [-0.05, 0) is 44.4 Å². The number of hydrogen-bond acceptors (Lipinski definition) is 4. The highest BCUT2D eigenvalue weighted by Gasteiger charge is 2.37. The smallest absolute Gasteiger partial charge is 0.328 e. The van der Waals surface area contributed by atoms with Crippen LogP contribution in [0.1, 0.15) is 25.3 Å². The van der Waals surface area contributed by atoms with Crippen LogP contribution in [0.5, 0.6) is 5.75 Å². The second kappa shape index (κ2) is 6.61. The van der Waals surface area contributed by atoms with Crippen LogP contribution in [0, 0.1) is 6.92 Å². The molecular formula is C16H21NO4. The van der Waals surface area contributed by atoms with Crippen molar-refractivity contribution in [2.75, 3.05) is 13.7 Å². The Hall–Kier alpha value is -2.04. The van der Waals surface area contributed by atoms with E-state index >= 15 is 0 Å². The molecule has 5 nitrogen and oxygen atoms in total. The van der Waals surface area contributed by atoms with Gasteiger partial charge in [0.15, 0.2) is 6.10 Å². The quantitative estimate of drug-likeness (QED) is 0.795. The zero-order valence-electron chi connectivity index (χ0n) is 12.7. The maximum Gasteiger partial charge on any atom is 0.328 e. The minimum Gasteiger partial charge on any atom is -0.481 e.